The molecule has 0 spiro atoms. The Morgan fingerprint density at radius 2 is 1.43 bits per heavy atom. The number of ether oxygens (including phenoxy) is 2. The molecule has 3 saturated heterocycles. The number of hydrogen-bond donors (Lipinski definition) is 4. The molecule has 0 bridgehead atoms. The number of rotatable bonds is 2. The SMILES string of the molecule is Nc1ncnc2c1ncn2[C@@H]1O[C@@H]2CNS(=O)(=O)O[C@H]3[C@@H](F)[C@H](n4cnc5c(N)ncnc54)O[C@@H]3COP(=O)(O)O[C@H]2[C@H]1F. The van der Waals surface area contributed by atoms with E-state index in [2.05, 4.69) is 29.9 Å². The zero-order valence-corrected chi connectivity index (χ0v) is 23.6. The third-order valence-electron chi connectivity index (χ3n) is 7.21. The molecule has 7 heterocycles. The molecule has 6 N–H and O–H groups in total. The highest BCUT2D eigenvalue weighted by molar-refractivity contribution is 7.84. The number of anilines is 2. The zero-order chi connectivity index (χ0) is 31.0. The van der Waals surface area contributed by atoms with Crippen LogP contribution in [0.15, 0.2) is 25.3 Å². The monoisotopic (exact) mass is 661 g/mol. The quantitative estimate of drug-likeness (QED) is 0.188. The number of hydrogen-bond acceptors (Lipinski definition) is 16. The number of phosphoric acid groups is 1. The summed E-state index contributed by atoms with van der Waals surface area (Å²) in [6, 6.07) is 0. The largest absolute Gasteiger partial charge is 0.472 e. The number of phosphoric ester groups is 1. The van der Waals surface area contributed by atoms with E-state index in [9.17, 15) is 17.9 Å². The van der Waals surface area contributed by atoms with Crippen molar-refractivity contribution in [1.82, 2.24) is 43.8 Å². The van der Waals surface area contributed by atoms with Gasteiger partial charge < -0.3 is 25.8 Å². The summed E-state index contributed by atoms with van der Waals surface area (Å²) in [7, 11) is -9.89. The van der Waals surface area contributed by atoms with Crippen LogP contribution in [0, 0.1) is 0 Å². The Morgan fingerprint density at radius 3 is 2.02 bits per heavy atom. The second-order valence-corrected chi connectivity index (χ2v) is 12.7. The minimum absolute atomic E-state index is 0.00169. The van der Waals surface area contributed by atoms with Crippen molar-refractivity contribution < 1.29 is 49.4 Å². The Bertz CT molecular complexity index is 1900. The number of alkyl halides is 2. The van der Waals surface area contributed by atoms with E-state index in [1.807, 2.05) is 4.72 Å². The predicted octanol–water partition coefficient (Wildman–Crippen LogP) is -0.963. The van der Waals surface area contributed by atoms with E-state index in [0.29, 0.717) is 0 Å². The molecule has 24 heteroatoms. The smallest absolute Gasteiger partial charge is 0.382 e. The van der Waals surface area contributed by atoms with Gasteiger partial charge in [0.15, 0.2) is 47.7 Å². The molecule has 236 valence electrons. The Kier molecular flexibility index (Phi) is 6.98. The van der Waals surface area contributed by atoms with E-state index in [0.717, 1.165) is 34.4 Å². The highest BCUT2D eigenvalue weighted by Gasteiger charge is 2.54. The lowest BCUT2D eigenvalue weighted by atomic mass is 10.1. The van der Waals surface area contributed by atoms with Gasteiger partial charge in [0, 0.05) is 6.54 Å². The molecule has 7 rings (SSSR count). The molecular weight excluding hydrogens is 639 g/mol. The summed E-state index contributed by atoms with van der Waals surface area (Å²) in [6.45, 7) is -1.63. The molecular formula is C20H22F2N11O9PS. The van der Waals surface area contributed by atoms with Crippen LogP contribution in [0.3, 0.4) is 0 Å². The Labute approximate surface area is 244 Å². The molecule has 1 unspecified atom stereocenters. The first kappa shape index (κ1) is 29.2. The first-order chi connectivity index (χ1) is 20.9. The maximum Gasteiger partial charge on any atom is 0.472 e. The average molecular weight is 662 g/mol. The van der Waals surface area contributed by atoms with Crippen molar-refractivity contribution in [3.8, 4) is 0 Å². The number of nitrogens with zero attached hydrogens (tertiary/aromatic N) is 8. The molecule has 0 radical (unpaired) electrons. The molecule has 0 amide bonds. The number of imidazole rings is 2. The fourth-order valence-corrected chi connectivity index (χ4v) is 7.12. The zero-order valence-electron chi connectivity index (χ0n) is 21.9. The molecule has 9 atom stereocenters. The predicted molar refractivity (Wildman–Crippen MR) is 140 cm³/mol. The molecule has 0 aromatic carbocycles. The van der Waals surface area contributed by atoms with Gasteiger partial charge in [0.1, 0.15) is 48.1 Å². The second kappa shape index (κ2) is 10.5. The Balaban J connectivity index is 1.17. The topological polar surface area (TPSA) is 269 Å². The van der Waals surface area contributed by atoms with Crippen molar-refractivity contribution in [3.63, 3.8) is 0 Å². The van der Waals surface area contributed by atoms with Crippen LogP contribution in [0.5, 0.6) is 0 Å². The van der Waals surface area contributed by atoms with Gasteiger partial charge in [-0.15, -0.1) is 0 Å². The normalized spacial score (nSPS) is 36.1. The van der Waals surface area contributed by atoms with Crippen molar-refractivity contribution in [2.24, 2.45) is 0 Å². The van der Waals surface area contributed by atoms with E-state index in [4.69, 9.17) is 34.2 Å². The number of halogens is 2. The van der Waals surface area contributed by atoms with Crippen molar-refractivity contribution in [2.45, 2.75) is 49.2 Å². The van der Waals surface area contributed by atoms with Crippen LogP contribution in [-0.2, 0) is 37.6 Å². The maximum atomic E-state index is 15.8. The van der Waals surface area contributed by atoms with E-state index in [1.54, 1.807) is 0 Å². The van der Waals surface area contributed by atoms with Crippen LogP contribution in [0.25, 0.3) is 22.3 Å². The van der Waals surface area contributed by atoms with Gasteiger partial charge in [0.25, 0.3) is 0 Å². The lowest BCUT2D eigenvalue weighted by Crippen LogP contribution is -2.45. The molecule has 0 saturated carbocycles. The molecule has 3 aliphatic heterocycles. The van der Waals surface area contributed by atoms with Crippen LogP contribution < -0.4 is 16.2 Å². The fourth-order valence-electron chi connectivity index (χ4n) is 5.20. The lowest BCUT2D eigenvalue weighted by Gasteiger charge is -2.26. The van der Waals surface area contributed by atoms with Crippen LogP contribution in [0.1, 0.15) is 12.5 Å². The van der Waals surface area contributed by atoms with Gasteiger partial charge >= 0.3 is 18.1 Å². The van der Waals surface area contributed by atoms with Gasteiger partial charge in [0.2, 0.25) is 0 Å². The summed E-state index contributed by atoms with van der Waals surface area (Å²) in [5.41, 5.74) is 12.0. The van der Waals surface area contributed by atoms with Crippen molar-refractivity contribution >= 4 is 52.1 Å². The summed E-state index contributed by atoms with van der Waals surface area (Å²) < 4.78 is 102. The summed E-state index contributed by atoms with van der Waals surface area (Å²) >= 11 is 0. The lowest BCUT2D eigenvalue weighted by molar-refractivity contribution is -0.0496. The standard InChI is InChI=1S/C20H22F2N11O9PS/c21-9-13-7(39-19(9)32-5-29-11-15(23)25-3-27-17(11)32)1-31-44(36,37)42-14-8(2-38-43(34,35)41-13)40-20(10(14)22)33-6-30-12-16(24)26-4-28-18(12)33/h3-10,13-14,19-20,31H,1-2H2,(H,34,35)(H2,23,25,27)(H2,24,26,28)/t7-,8-,9-,10-,13-,14-,19-,20-/m1/s1. The highest BCUT2D eigenvalue weighted by Crippen LogP contribution is 2.50. The number of nitrogens with one attached hydrogen (secondary N) is 1. The van der Waals surface area contributed by atoms with Crippen molar-refractivity contribution in [2.75, 3.05) is 24.6 Å². The van der Waals surface area contributed by atoms with Crippen LogP contribution >= 0.6 is 7.82 Å². The van der Waals surface area contributed by atoms with Crippen molar-refractivity contribution in [1.29, 1.82) is 0 Å². The van der Waals surface area contributed by atoms with Crippen molar-refractivity contribution in [3.05, 3.63) is 25.3 Å². The molecule has 20 nitrogen and oxygen atoms in total. The van der Waals surface area contributed by atoms with Gasteiger partial charge in [-0.25, -0.2) is 47.4 Å². The van der Waals surface area contributed by atoms with Gasteiger partial charge in [-0.1, -0.05) is 0 Å². The summed E-state index contributed by atoms with van der Waals surface area (Å²) in [6.07, 6.45) is -9.82. The molecule has 44 heavy (non-hydrogen) atoms. The van der Waals surface area contributed by atoms with Crippen LogP contribution in [0.4, 0.5) is 20.4 Å². The van der Waals surface area contributed by atoms with Gasteiger partial charge in [0.05, 0.1) is 19.3 Å². The van der Waals surface area contributed by atoms with Gasteiger partial charge in [-0.3, -0.25) is 18.2 Å². The molecule has 4 aromatic rings. The van der Waals surface area contributed by atoms with Gasteiger partial charge in [-0.05, 0) is 0 Å². The third-order valence-corrected chi connectivity index (χ3v) is 9.19. The number of nitrogen functional groups attached to an aromatic ring is 2. The van der Waals surface area contributed by atoms with E-state index in [1.165, 1.54) is 0 Å². The number of fused-ring (bicyclic) bond motifs is 4. The minimum atomic E-state index is -5.11. The Hall–Kier alpha value is -3.54. The maximum absolute atomic E-state index is 15.8. The first-order valence-corrected chi connectivity index (χ1v) is 15.6. The molecule has 3 fully saturated rings. The summed E-state index contributed by atoms with van der Waals surface area (Å²) in [4.78, 5) is 34.2. The molecule has 3 aliphatic rings. The minimum Gasteiger partial charge on any atom is -0.382 e. The number of nitrogens with two attached hydrogens (primary N) is 2. The molecule has 0 aliphatic carbocycles. The van der Waals surface area contributed by atoms with Crippen LogP contribution in [-0.4, -0.2) is 102 Å². The summed E-state index contributed by atoms with van der Waals surface area (Å²) in [5.74, 6) is 0.000965. The first-order valence-electron chi connectivity index (χ1n) is 12.7. The number of aromatic nitrogens is 8. The molecule has 4 aromatic heterocycles. The third kappa shape index (κ3) is 4.95. The van der Waals surface area contributed by atoms with Crippen LogP contribution in [0.2, 0.25) is 0 Å². The van der Waals surface area contributed by atoms with E-state index >= 15 is 8.78 Å². The van der Waals surface area contributed by atoms with E-state index < -0.39 is 80.5 Å². The second-order valence-electron chi connectivity index (χ2n) is 9.88. The summed E-state index contributed by atoms with van der Waals surface area (Å²) in [5, 5.41) is 0. The Morgan fingerprint density at radius 1 is 0.886 bits per heavy atom. The average Bonchev–Trinajstić information content (AvgIpc) is 3.73. The van der Waals surface area contributed by atoms with E-state index in [-0.39, 0.29) is 34.0 Å². The fraction of sp³-hybridized carbons (Fsp3) is 0.500. The van der Waals surface area contributed by atoms with Gasteiger partial charge in [-0.2, -0.15) is 13.1 Å². The highest BCUT2D eigenvalue weighted by atomic mass is 32.2.